The maximum atomic E-state index is 6.34. The number of fused-ring (bicyclic) bond motifs is 1. The lowest BCUT2D eigenvalue weighted by Crippen LogP contribution is -2.35. The van der Waals surface area contributed by atoms with Crippen molar-refractivity contribution in [3.8, 4) is 22.4 Å². The third-order valence-corrected chi connectivity index (χ3v) is 5.87. The second-order valence-electron chi connectivity index (χ2n) is 8.41. The number of nitrogens with one attached hydrogen (secondary N) is 2. The second-order valence-corrected chi connectivity index (χ2v) is 8.41. The van der Waals surface area contributed by atoms with E-state index in [0.29, 0.717) is 6.54 Å². The molecule has 2 aromatic carbocycles. The summed E-state index contributed by atoms with van der Waals surface area (Å²) in [6, 6.07) is 20.8. The highest BCUT2D eigenvalue weighted by Gasteiger charge is 2.14. The molecule has 166 valence electrons. The maximum Gasteiger partial charge on any atom is 0.0996 e. The van der Waals surface area contributed by atoms with Crippen LogP contribution in [0, 0.1) is 6.92 Å². The lowest BCUT2D eigenvalue weighted by atomic mass is 9.97. The summed E-state index contributed by atoms with van der Waals surface area (Å²) in [5.74, 6) is 0. The molecule has 4 N–H and O–H groups in total. The van der Waals surface area contributed by atoms with Gasteiger partial charge in [0.05, 0.1) is 23.7 Å². The summed E-state index contributed by atoms with van der Waals surface area (Å²) >= 11 is 0. The molecule has 0 fully saturated rings. The minimum atomic E-state index is 0.0523. The molecule has 0 radical (unpaired) electrons. The Bertz CT molecular complexity index is 1340. The van der Waals surface area contributed by atoms with Crippen molar-refractivity contribution in [3.63, 3.8) is 0 Å². The van der Waals surface area contributed by atoms with Gasteiger partial charge in [0.15, 0.2) is 0 Å². The van der Waals surface area contributed by atoms with Crippen molar-refractivity contribution >= 4 is 10.9 Å². The molecule has 6 nitrogen and oxygen atoms in total. The molecule has 0 aliphatic heterocycles. The molecule has 1 atom stereocenters. The van der Waals surface area contributed by atoms with Gasteiger partial charge >= 0.3 is 0 Å². The van der Waals surface area contributed by atoms with Gasteiger partial charge < -0.3 is 15.5 Å². The average molecular weight is 438 g/mol. The van der Waals surface area contributed by atoms with Gasteiger partial charge in [-0.15, -0.1) is 0 Å². The first-order valence-electron chi connectivity index (χ1n) is 11.1. The number of pyridine rings is 1. The number of rotatable bonds is 8. The molecule has 0 bridgehead atoms. The van der Waals surface area contributed by atoms with Gasteiger partial charge in [-0.2, -0.15) is 5.10 Å². The van der Waals surface area contributed by atoms with E-state index >= 15 is 0 Å². The fourth-order valence-corrected chi connectivity index (χ4v) is 4.15. The van der Waals surface area contributed by atoms with Gasteiger partial charge in [-0.1, -0.05) is 36.4 Å². The van der Waals surface area contributed by atoms with E-state index in [4.69, 9.17) is 15.1 Å². The van der Waals surface area contributed by atoms with Gasteiger partial charge in [0.25, 0.3) is 0 Å². The van der Waals surface area contributed by atoms with Crippen LogP contribution in [0.2, 0.25) is 0 Å². The number of nitrogens with two attached hydrogens (primary N) is 1. The van der Waals surface area contributed by atoms with E-state index in [0.717, 1.165) is 57.5 Å². The van der Waals surface area contributed by atoms with Crippen molar-refractivity contribution in [1.29, 1.82) is 0 Å². The van der Waals surface area contributed by atoms with Crippen molar-refractivity contribution in [1.82, 2.24) is 20.5 Å². The summed E-state index contributed by atoms with van der Waals surface area (Å²) in [4.78, 5) is 4.80. The monoisotopic (exact) mass is 437 g/mol. The van der Waals surface area contributed by atoms with Gasteiger partial charge in [-0.25, -0.2) is 0 Å². The summed E-state index contributed by atoms with van der Waals surface area (Å²) in [5.41, 5.74) is 14.7. The maximum absolute atomic E-state index is 6.34. The van der Waals surface area contributed by atoms with Crippen molar-refractivity contribution in [2.45, 2.75) is 25.9 Å². The summed E-state index contributed by atoms with van der Waals surface area (Å²) < 4.78 is 5.33. The van der Waals surface area contributed by atoms with Crippen molar-refractivity contribution in [3.05, 3.63) is 96.2 Å². The number of benzene rings is 2. The van der Waals surface area contributed by atoms with Crippen LogP contribution in [0.3, 0.4) is 0 Å². The highest BCUT2D eigenvalue weighted by atomic mass is 16.3. The van der Waals surface area contributed by atoms with Gasteiger partial charge in [-0.3, -0.25) is 10.1 Å². The topological polar surface area (TPSA) is 92.8 Å². The lowest BCUT2D eigenvalue weighted by molar-refractivity contribution is 0.568. The molecule has 0 saturated heterocycles. The molecular weight excluding hydrogens is 410 g/mol. The number of aromatic amines is 1. The zero-order valence-electron chi connectivity index (χ0n) is 18.6. The fourth-order valence-electron chi connectivity index (χ4n) is 4.15. The molecule has 0 aliphatic rings. The molecule has 0 aliphatic carbocycles. The Morgan fingerprint density at radius 3 is 2.73 bits per heavy atom. The van der Waals surface area contributed by atoms with E-state index in [9.17, 15) is 0 Å². The number of furan rings is 1. The first kappa shape index (κ1) is 21.1. The minimum Gasteiger partial charge on any atom is -0.472 e. The number of nitrogens with zero attached hydrogens (tertiary/aromatic N) is 2. The predicted molar refractivity (Wildman–Crippen MR) is 132 cm³/mol. The number of H-pyrrole nitrogens is 1. The highest BCUT2D eigenvalue weighted by molar-refractivity contribution is 5.89. The first-order valence-corrected chi connectivity index (χ1v) is 11.1. The minimum absolute atomic E-state index is 0.0523. The average Bonchev–Trinajstić information content (AvgIpc) is 3.50. The first-order chi connectivity index (χ1) is 16.2. The molecule has 0 unspecified atom stereocenters. The smallest absolute Gasteiger partial charge is 0.0996 e. The van der Waals surface area contributed by atoms with Crippen LogP contribution in [0.5, 0.6) is 0 Å². The zero-order chi connectivity index (χ0) is 22.6. The quantitative estimate of drug-likeness (QED) is 0.323. The van der Waals surface area contributed by atoms with Crippen LogP contribution in [0.4, 0.5) is 0 Å². The molecule has 3 aromatic heterocycles. The van der Waals surface area contributed by atoms with Crippen LogP contribution >= 0.6 is 0 Å². The van der Waals surface area contributed by atoms with Gasteiger partial charge in [-0.05, 0) is 54.3 Å². The Morgan fingerprint density at radius 1 is 1.03 bits per heavy atom. The fraction of sp³-hybridized carbons (Fsp3) is 0.185. The van der Waals surface area contributed by atoms with Gasteiger partial charge in [0, 0.05) is 47.5 Å². The number of aromatic nitrogens is 3. The summed E-state index contributed by atoms with van der Waals surface area (Å²) in [6.07, 6.45) is 6.17. The van der Waals surface area contributed by atoms with E-state index in [1.54, 1.807) is 12.5 Å². The van der Waals surface area contributed by atoms with E-state index in [1.807, 2.05) is 43.5 Å². The lowest BCUT2D eigenvalue weighted by Gasteiger charge is -2.14. The number of aryl methyl sites for hydroxylation is 1. The summed E-state index contributed by atoms with van der Waals surface area (Å²) in [7, 11) is 0. The van der Waals surface area contributed by atoms with Gasteiger partial charge in [0.1, 0.15) is 0 Å². The third kappa shape index (κ3) is 4.72. The molecule has 33 heavy (non-hydrogen) atoms. The SMILES string of the molecule is Cc1[nH]nc2ccc(-c3cc(CNC[C@@H](N)Cc4ccccc4)cnc3-c3ccoc3)cc12. The Labute approximate surface area is 192 Å². The van der Waals surface area contributed by atoms with Crippen LogP contribution in [-0.4, -0.2) is 27.8 Å². The van der Waals surface area contributed by atoms with Crippen LogP contribution in [0.15, 0.2) is 83.8 Å². The normalized spacial score (nSPS) is 12.3. The van der Waals surface area contributed by atoms with Crippen LogP contribution in [-0.2, 0) is 13.0 Å². The van der Waals surface area contributed by atoms with Crippen molar-refractivity contribution in [2.24, 2.45) is 5.73 Å². The van der Waals surface area contributed by atoms with Crippen molar-refractivity contribution < 1.29 is 4.42 Å². The molecule has 3 heterocycles. The van der Waals surface area contributed by atoms with E-state index in [1.165, 1.54) is 5.56 Å². The summed E-state index contributed by atoms with van der Waals surface area (Å²) in [5, 5.41) is 12.0. The molecule has 5 rings (SSSR count). The Balaban J connectivity index is 1.37. The van der Waals surface area contributed by atoms with Crippen LogP contribution in [0.1, 0.15) is 16.8 Å². The molecule has 0 saturated carbocycles. The van der Waals surface area contributed by atoms with Crippen molar-refractivity contribution in [2.75, 3.05) is 6.54 Å². The van der Waals surface area contributed by atoms with Crippen LogP contribution < -0.4 is 11.1 Å². The van der Waals surface area contributed by atoms with E-state index < -0.39 is 0 Å². The Morgan fingerprint density at radius 2 is 1.91 bits per heavy atom. The largest absolute Gasteiger partial charge is 0.472 e. The predicted octanol–water partition coefficient (Wildman–Crippen LogP) is 4.85. The molecule has 5 aromatic rings. The van der Waals surface area contributed by atoms with Gasteiger partial charge in [0.2, 0.25) is 0 Å². The zero-order valence-corrected chi connectivity index (χ0v) is 18.6. The van der Waals surface area contributed by atoms with Crippen LogP contribution in [0.25, 0.3) is 33.3 Å². The third-order valence-electron chi connectivity index (χ3n) is 5.87. The van der Waals surface area contributed by atoms with E-state index in [-0.39, 0.29) is 6.04 Å². The molecular formula is C27H27N5O. The highest BCUT2D eigenvalue weighted by Crippen LogP contribution is 2.33. The number of hydrogen-bond donors (Lipinski definition) is 3. The Kier molecular flexibility index (Phi) is 6.02. The van der Waals surface area contributed by atoms with E-state index in [2.05, 4.69) is 45.8 Å². The summed E-state index contributed by atoms with van der Waals surface area (Å²) in [6.45, 7) is 3.46. The standard InChI is InChI=1S/C27H27N5O/c1-18-24-13-21(7-8-26(24)32-31-18)25-12-20(15-30-27(25)22-9-10-33-17-22)14-29-16-23(28)11-19-5-3-2-4-6-19/h2-10,12-13,15,17,23,29H,11,14,16,28H2,1H3,(H,31,32)/t23-/m0/s1. The second kappa shape index (κ2) is 9.40. The molecule has 6 heteroatoms. The molecule has 0 amide bonds. The Hall–Kier alpha value is -3.74. The number of hydrogen-bond acceptors (Lipinski definition) is 5. The molecule has 0 spiro atoms.